The molecule has 1 aromatic carbocycles. The van der Waals surface area contributed by atoms with Gasteiger partial charge in [0, 0.05) is 12.6 Å². The van der Waals surface area contributed by atoms with E-state index in [1.807, 2.05) is 19.2 Å². The van der Waals surface area contributed by atoms with E-state index in [1.165, 1.54) is 12.8 Å². The lowest BCUT2D eigenvalue weighted by Crippen LogP contribution is -2.25. The predicted octanol–water partition coefficient (Wildman–Crippen LogP) is 2.44. The van der Waals surface area contributed by atoms with Gasteiger partial charge in [-0.2, -0.15) is 0 Å². The Kier molecular flexibility index (Phi) is 5.18. The van der Waals surface area contributed by atoms with Crippen molar-refractivity contribution in [1.29, 1.82) is 0 Å². The van der Waals surface area contributed by atoms with E-state index in [0.717, 1.165) is 24.3 Å². The molecule has 2 rings (SSSR count). The van der Waals surface area contributed by atoms with Gasteiger partial charge in [0.2, 0.25) is 10.0 Å². The maximum Gasteiger partial charge on any atom is 0.240 e. The third-order valence-corrected chi connectivity index (χ3v) is 5.33. The summed E-state index contributed by atoms with van der Waals surface area (Å²) < 4.78 is 27.2. The molecule has 1 unspecified atom stereocenters. The van der Waals surface area contributed by atoms with Crippen molar-refractivity contribution < 1.29 is 8.42 Å². The van der Waals surface area contributed by atoms with Crippen LogP contribution in [0, 0.1) is 5.92 Å². The summed E-state index contributed by atoms with van der Waals surface area (Å²) >= 11 is 0. The monoisotopic (exact) mass is 296 g/mol. The lowest BCUT2D eigenvalue weighted by atomic mass is 10.1. The van der Waals surface area contributed by atoms with Crippen LogP contribution in [0.3, 0.4) is 0 Å². The quantitative estimate of drug-likeness (QED) is 0.774. The predicted molar refractivity (Wildman–Crippen MR) is 81.1 cm³/mol. The van der Waals surface area contributed by atoms with Gasteiger partial charge in [0.15, 0.2) is 0 Å². The standard InChI is InChI=1S/C15H24N2O2S/c1-3-15(16-2)13-5-4-6-14(11-13)20(18,19)17-10-9-12-7-8-12/h4-6,11-12,15-17H,3,7-10H2,1-2H3. The first kappa shape index (κ1) is 15.5. The van der Waals surface area contributed by atoms with E-state index in [2.05, 4.69) is 17.0 Å². The maximum absolute atomic E-state index is 12.3. The van der Waals surface area contributed by atoms with Crippen LogP contribution in [-0.4, -0.2) is 22.0 Å². The molecule has 2 N–H and O–H groups in total. The lowest BCUT2D eigenvalue weighted by molar-refractivity contribution is 0.568. The number of hydrogen-bond acceptors (Lipinski definition) is 3. The molecular weight excluding hydrogens is 272 g/mol. The van der Waals surface area contributed by atoms with Gasteiger partial charge in [-0.1, -0.05) is 31.9 Å². The van der Waals surface area contributed by atoms with E-state index in [-0.39, 0.29) is 6.04 Å². The molecule has 0 aliphatic heterocycles. The van der Waals surface area contributed by atoms with Crippen molar-refractivity contribution >= 4 is 10.0 Å². The molecule has 1 aliphatic rings. The Hall–Kier alpha value is -0.910. The summed E-state index contributed by atoms with van der Waals surface area (Å²) in [4.78, 5) is 0.361. The summed E-state index contributed by atoms with van der Waals surface area (Å²) in [5, 5.41) is 3.20. The Morgan fingerprint density at radius 1 is 1.35 bits per heavy atom. The molecule has 4 nitrogen and oxygen atoms in total. The fourth-order valence-corrected chi connectivity index (χ4v) is 3.49. The Morgan fingerprint density at radius 2 is 2.10 bits per heavy atom. The second-order valence-electron chi connectivity index (χ2n) is 5.45. The van der Waals surface area contributed by atoms with Crippen LogP contribution in [-0.2, 0) is 10.0 Å². The topological polar surface area (TPSA) is 58.2 Å². The summed E-state index contributed by atoms with van der Waals surface area (Å²) in [6, 6.07) is 7.39. The van der Waals surface area contributed by atoms with Gasteiger partial charge in [-0.25, -0.2) is 13.1 Å². The van der Waals surface area contributed by atoms with Crippen molar-refractivity contribution in [2.75, 3.05) is 13.6 Å². The molecule has 1 atom stereocenters. The second-order valence-corrected chi connectivity index (χ2v) is 7.22. The normalized spacial score (nSPS) is 17.1. The lowest BCUT2D eigenvalue weighted by Gasteiger charge is -2.15. The van der Waals surface area contributed by atoms with Crippen molar-refractivity contribution in [3.05, 3.63) is 29.8 Å². The van der Waals surface area contributed by atoms with Gasteiger partial charge in [-0.05, 0) is 43.5 Å². The third kappa shape index (κ3) is 4.04. The SMILES string of the molecule is CCC(NC)c1cccc(S(=O)(=O)NCCC2CC2)c1. The second kappa shape index (κ2) is 6.70. The average molecular weight is 296 g/mol. The summed E-state index contributed by atoms with van der Waals surface area (Å²) in [7, 11) is -1.49. The Morgan fingerprint density at radius 3 is 2.70 bits per heavy atom. The fourth-order valence-electron chi connectivity index (χ4n) is 2.39. The van der Waals surface area contributed by atoms with Crippen molar-refractivity contribution in [3.63, 3.8) is 0 Å². The smallest absolute Gasteiger partial charge is 0.240 e. The van der Waals surface area contributed by atoms with E-state index in [0.29, 0.717) is 11.4 Å². The van der Waals surface area contributed by atoms with Gasteiger partial charge >= 0.3 is 0 Å². The molecule has 0 bridgehead atoms. The number of hydrogen-bond donors (Lipinski definition) is 2. The Balaban J connectivity index is 2.07. The van der Waals surface area contributed by atoms with E-state index in [4.69, 9.17) is 0 Å². The summed E-state index contributed by atoms with van der Waals surface area (Å²) in [5.41, 5.74) is 1.01. The van der Waals surface area contributed by atoms with Crippen LogP contribution in [0.4, 0.5) is 0 Å². The van der Waals surface area contributed by atoms with Gasteiger partial charge in [0.1, 0.15) is 0 Å². The van der Waals surface area contributed by atoms with Gasteiger partial charge in [0.05, 0.1) is 4.90 Å². The molecule has 0 amide bonds. The van der Waals surface area contributed by atoms with Crippen molar-refractivity contribution in [2.45, 2.75) is 43.5 Å². The zero-order valence-corrected chi connectivity index (χ0v) is 13.0. The molecule has 0 saturated heterocycles. The highest BCUT2D eigenvalue weighted by Crippen LogP contribution is 2.31. The molecule has 0 heterocycles. The summed E-state index contributed by atoms with van der Waals surface area (Å²) in [5.74, 6) is 0.734. The first-order valence-corrected chi connectivity index (χ1v) is 8.82. The minimum Gasteiger partial charge on any atom is -0.313 e. The van der Waals surface area contributed by atoms with Crippen molar-refractivity contribution in [1.82, 2.24) is 10.0 Å². The number of sulfonamides is 1. The van der Waals surface area contributed by atoms with Crippen LogP contribution in [0.15, 0.2) is 29.2 Å². The first-order valence-electron chi connectivity index (χ1n) is 7.33. The molecular formula is C15H24N2O2S. The largest absolute Gasteiger partial charge is 0.313 e. The minimum atomic E-state index is -3.38. The molecule has 112 valence electrons. The van der Waals surface area contributed by atoms with E-state index < -0.39 is 10.0 Å². The molecule has 20 heavy (non-hydrogen) atoms. The van der Waals surface area contributed by atoms with Gasteiger partial charge in [-0.3, -0.25) is 0 Å². The fraction of sp³-hybridized carbons (Fsp3) is 0.600. The summed E-state index contributed by atoms with van der Waals surface area (Å²) in [6.07, 6.45) is 4.37. The van der Waals surface area contributed by atoms with Gasteiger partial charge in [-0.15, -0.1) is 0 Å². The number of nitrogens with one attached hydrogen (secondary N) is 2. The highest BCUT2D eigenvalue weighted by molar-refractivity contribution is 7.89. The van der Waals surface area contributed by atoms with Crippen molar-refractivity contribution in [2.24, 2.45) is 5.92 Å². The van der Waals surface area contributed by atoms with Crippen LogP contribution < -0.4 is 10.0 Å². The number of benzene rings is 1. The highest BCUT2D eigenvalue weighted by Gasteiger charge is 2.22. The summed E-state index contributed by atoms with van der Waals surface area (Å²) in [6.45, 7) is 2.62. The van der Waals surface area contributed by atoms with Crippen LogP contribution in [0.2, 0.25) is 0 Å². The van der Waals surface area contributed by atoms with Gasteiger partial charge in [0.25, 0.3) is 0 Å². The van der Waals surface area contributed by atoms with E-state index in [1.54, 1.807) is 12.1 Å². The van der Waals surface area contributed by atoms with Gasteiger partial charge < -0.3 is 5.32 Å². The minimum absolute atomic E-state index is 0.191. The average Bonchev–Trinajstić information content (AvgIpc) is 3.24. The Labute approximate surface area is 122 Å². The molecule has 1 aromatic rings. The molecule has 5 heteroatoms. The zero-order valence-electron chi connectivity index (χ0n) is 12.2. The number of rotatable bonds is 8. The Bertz CT molecular complexity index is 535. The highest BCUT2D eigenvalue weighted by atomic mass is 32.2. The molecule has 0 spiro atoms. The molecule has 1 aliphatic carbocycles. The maximum atomic E-state index is 12.3. The van der Waals surface area contributed by atoms with Crippen LogP contribution in [0.25, 0.3) is 0 Å². The molecule has 0 radical (unpaired) electrons. The third-order valence-electron chi connectivity index (χ3n) is 3.87. The van der Waals surface area contributed by atoms with Crippen LogP contribution in [0.1, 0.15) is 44.2 Å². The van der Waals surface area contributed by atoms with Crippen LogP contribution in [0.5, 0.6) is 0 Å². The van der Waals surface area contributed by atoms with Crippen LogP contribution >= 0.6 is 0 Å². The molecule has 0 aromatic heterocycles. The molecule has 1 fully saturated rings. The molecule has 1 saturated carbocycles. The zero-order chi connectivity index (χ0) is 14.6. The first-order chi connectivity index (χ1) is 9.56. The van der Waals surface area contributed by atoms with E-state index in [9.17, 15) is 8.42 Å². The van der Waals surface area contributed by atoms with E-state index >= 15 is 0 Å². The van der Waals surface area contributed by atoms with Crippen molar-refractivity contribution in [3.8, 4) is 0 Å².